The molecule has 0 aliphatic carbocycles. The van der Waals surface area contributed by atoms with E-state index in [2.05, 4.69) is 44.5 Å². The highest BCUT2D eigenvalue weighted by atomic mass is 16.5. The molecule has 0 bridgehead atoms. The van der Waals surface area contributed by atoms with Crippen molar-refractivity contribution in [3.63, 3.8) is 0 Å². The molecule has 0 saturated carbocycles. The number of likely N-dealkylation sites (tertiary alicyclic amines) is 1. The average molecular weight is 325 g/mol. The third kappa shape index (κ3) is 6.72. The highest BCUT2D eigenvalue weighted by Crippen LogP contribution is 2.29. The smallest absolute Gasteiger partial charge is 0.0678 e. The van der Waals surface area contributed by atoms with E-state index in [9.17, 15) is 0 Å². The van der Waals surface area contributed by atoms with Crippen molar-refractivity contribution in [2.75, 3.05) is 39.8 Å². The number of morpholine rings is 1. The Bertz CT molecular complexity index is 318. The van der Waals surface area contributed by atoms with Gasteiger partial charge in [0.15, 0.2) is 0 Å². The molecule has 136 valence electrons. The molecule has 2 aliphatic rings. The van der Waals surface area contributed by atoms with Gasteiger partial charge in [-0.3, -0.25) is 4.90 Å². The van der Waals surface area contributed by atoms with Gasteiger partial charge in [0.05, 0.1) is 12.2 Å². The van der Waals surface area contributed by atoms with Crippen LogP contribution in [-0.2, 0) is 4.74 Å². The van der Waals surface area contributed by atoms with Gasteiger partial charge in [0.1, 0.15) is 0 Å². The van der Waals surface area contributed by atoms with Crippen molar-refractivity contribution in [3.05, 3.63) is 0 Å². The van der Waals surface area contributed by atoms with Crippen LogP contribution >= 0.6 is 0 Å². The SMILES string of the molecule is CC(CCC(C)C1CCN(C)CC1)CCN1C[C@@H](C)O[C@@H](C)C1. The van der Waals surface area contributed by atoms with Gasteiger partial charge in [-0.15, -0.1) is 0 Å². The van der Waals surface area contributed by atoms with Gasteiger partial charge in [-0.1, -0.05) is 26.7 Å². The molecular formula is C20H40N2O. The van der Waals surface area contributed by atoms with Crippen LogP contribution in [-0.4, -0.2) is 61.8 Å². The van der Waals surface area contributed by atoms with Crippen molar-refractivity contribution in [2.24, 2.45) is 17.8 Å². The first-order chi connectivity index (χ1) is 10.9. The molecular weight excluding hydrogens is 284 g/mol. The van der Waals surface area contributed by atoms with Crippen LogP contribution in [0.2, 0.25) is 0 Å². The fraction of sp³-hybridized carbons (Fsp3) is 1.00. The first-order valence-electron chi connectivity index (χ1n) is 10.0. The lowest BCUT2D eigenvalue weighted by molar-refractivity contribution is -0.0689. The predicted molar refractivity (Wildman–Crippen MR) is 98.8 cm³/mol. The van der Waals surface area contributed by atoms with Crippen LogP contribution in [0.1, 0.15) is 59.8 Å². The first-order valence-corrected chi connectivity index (χ1v) is 10.0. The molecule has 0 aromatic heterocycles. The van der Waals surface area contributed by atoms with Crippen LogP contribution in [0, 0.1) is 17.8 Å². The van der Waals surface area contributed by atoms with Crippen LogP contribution < -0.4 is 0 Å². The van der Waals surface area contributed by atoms with Gasteiger partial charge < -0.3 is 9.64 Å². The molecule has 2 saturated heterocycles. The van der Waals surface area contributed by atoms with Crippen molar-refractivity contribution < 1.29 is 4.74 Å². The van der Waals surface area contributed by atoms with E-state index in [-0.39, 0.29) is 0 Å². The Morgan fingerprint density at radius 3 is 2.17 bits per heavy atom. The topological polar surface area (TPSA) is 15.7 Å². The summed E-state index contributed by atoms with van der Waals surface area (Å²) >= 11 is 0. The van der Waals surface area contributed by atoms with E-state index >= 15 is 0 Å². The zero-order valence-corrected chi connectivity index (χ0v) is 16.3. The van der Waals surface area contributed by atoms with Crippen molar-refractivity contribution in [1.29, 1.82) is 0 Å². The molecule has 0 N–H and O–H groups in total. The van der Waals surface area contributed by atoms with Crippen molar-refractivity contribution in [2.45, 2.75) is 72.0 Å². The molecule has 2 unspecified atom stereocenters. The third-order valence-electron chi connectivity index (χ3n) is 6.12. The molecule has 2 heterocycles. The van der Waals surface area contributed by atoms with E-state index in [4.69, 9.17) is 4.74 Å². The molecule has 0 spiro atoms. The second-order valence-electron chi connectivity index (χ2n) is 8.61. The predicted octanol–water partition coefficient (Wildman–Crippen LogP) is 3.88. The average Bonchev–Trinajstić information content (AvgIpc) is 2.50. The lowest BCUT2D eigenvalue weighted by Gasteiger charge is -2.36. The van der Waals surface area contributed by atoms with E-state index in [1.165, 1.54) is 51.7 Å². The maximum Gasteiger partial charge on any atom is 0.0678 e. The van der Waals surface area contributed by atoms with Crippen LogP contribution in [0.25, 0.3) is 0 Å². The molecule has 3 heteroatoms. The van der Waals surface area contributed by atoms with Crippen molar-refractivity contribution >= 4 is 0 Å². The zero-order chi connectivity index (χ0) is 16.8. The minimum atomic E-state index is 0.401. The second-order valence-corrected chi connectivity index (χ2v) is 8.61. The number of nitrogens with zero attached hydrogens (tertiary/aromatic N) is 2. The normalized spacial score (nSPS) is 31.2. The Kier molecular flexibility index (Phi) is 7.84. The van der Waals surface area contributed by atoms with Crippen molar-refractivity contribution in [3.8, 4) is 0 Å². The van der Waals surface area contributed by atoms with Gasteiger partial charge in [-0.2, -0.15) is 0 Å². The maximum absolute atomic E-state index is 5.83. The van der Waals surface area contributed by atoms with E-state index in [0.29, 0.717) is 12.2 Å². The van der Waals surface area contributed by atoms with Gasteiger partial charge in [0.25, 0.3) is 0 Å². The highest BCUT2D eigenvalue weighted by Gasteiger charge is 2.24. The summed E-state index contributed by atoms with van der Waals surface area (Å²) in [5, 5.41) is 0. The van der Waals surface area contributed by atoms with Gasteiger partial charge in [-0.05, 0) is 77.5 Å². The van der Waals surface area contributed by atoms with Gasteiger partial charge in [-0.25, -0.2) is 0 Å². The third-order valence-corrected chi connectivity index (χ3v) is 6.12. The Morgan fingerprint density at radius 1 is 0.957 bits per heavy atom. The lowest BCUT2D eigenvalue weighted by atomic mass is 9.81. The van der Waals surface area contributed by atoms with Crippen molar-refractivity contribution in [1.82, 2.24) is 9.80 Å². The Balaban J connectivity index is 1.60. The van der Waals surface area contributed by atoms with Gasteiger partial charge in [0.2, 0.25) is 0 Å². The summed E-state index contributed by atoms with van der Waals surface area (Å²) in [6.45, 7) is 15.4. The van der Waals surface area contributed by atoms with E-state index in [1.807, 2.05) is 0 Å². The van der Waals surface area contributed by atoms with Crippen LogP contribution in [0.15, 0.2) is 0 Å². The fourth-order valence-electron chi connectivity index (χ4n) is 4.39. The van der Waals surface area contributed by atoms with Crippen LogP contribution in [0.5, 0.6) is 0 Å². The minimum Gasteiger partial charge on any atom is -0.373 e. The summed E-state index contributed by atoms with van der Waals surface area (Å²) in [6, 6.07) is 0. The minimum absolute atomic E-state index is 0.401. The standard InChI is InChI=1S/C20H40N2O/c1-16(8-13-22-14-18(3)23-19(4)15-22)6-7-17(2)20-9-11-21(5)12-10-20/h16-20H,6-15H2,1-5H3/t16?,17?,18-,19+. The summed E-state index contributed by atoms with van der Waals surface area (Å²) in [5.41, 5.74) is 0. The summed E-state index contributed by atoms with van der Waals surface area (Å²) in [4.78, 5) is 5.09. The molecule has 0 aromatic carbocycles. The van der Waals surface area contributed by atoms with Crippen LogP contribution in [0.3, 0.4) is 0 Å². The Labute approximate surface area is 144 Å². The zero-order valence-electron chi connectivity index (χ0n) is 16.3. The fourth-order valence-corrected chi connectivity index (χ4v) is 4.39. The Hall–Kier alpha value is -0.120. The van der Waals surface area contributed by atoms with Gasteiger partial charge >= 0.3 is 0 Å². The maximum atomic E-state index is 5.83. The molecule has 3 nitrogen and oxygen atoms in total. The molecule has 23 heavy (non-hydrogen) atoms. The van der Waals surface area contributed by atoms with E-state index in [0.717, 1.165) is 30.8 Å². The Morgan fingerprint density at radius 2 is 1.57 bits per heavy atom. The summed E-state index contributed by atoms with van der Waals surface area (Å²) < 4.78 is 5.83. The number of hydrogen-bond donors (Lipinski definition) is 0. The summed E-state index contributed by atoms with van der Waals surface area (Å²) in [5.74, 6) is 2.74. The van der Waals surface area contributed by atoms with E-state index in [1.54, 1.807) is 0 Å². The van der Waals surface area contributed by atoms with Gasteiger partial charge in [0, 0.05) is 13.1 Å². The molecule has 4 atom stereocenters. The van der Waals surface area contributed by atoms with Crippen LogP contribution in [0.4, 0.5) is 0 Å². The second kappa shape index (κ2) is 9.39. The highest BCUT2D eigenvalue weighted by molar-refractivity contribution is 4.76. The number of hydrogen-bond acceptors (Lipinski definition) is 3. The quantitative estimate of drug-likeness (QED) is 0.707. The number of piperidine rings is 1. The molecule has 2 fully saturated rings. The molecule has 2 rings (SSSR count). The molecule has 0 radical (unpaired) electrons. The number of rotatable bonds is 7. The monoisotopic (exact) mass is 324 g/mol. The summed E-state index contributed by atoms with van der Waals surface area (Å²) in [6.07, 6.45) is 7.80. The molecule has 0 aromatic rings. The largest absolute Gasteiger partial charge is 0.373 e. The first kappa shape index (κ1) is 19.2. The van der Waals surface area contributed by atoms with E-state index < -0.39 is 0 Å². The molecule has 0 amide bonds. The number of ether oxygens (including phenoxy) is 1. The lowest BCUT2D eigenvalue weighted by Crippen LogP contribution is -2.45. The summed E-state index contributed by atoms with van der Waals surface area (Å²) in [7, 11) is 2.26. The molecule has 2 aliphatic heterocycles.